The standard InChI is InChI=1S/C31H37FN2O/c1-29-11-9-25-18-24-5-6-26(34(2)16-14-32)19-30(24)12-13-31(25,35-30)28(29)8-7-27(29)22-4-3-21-10-15-33-20-23(21)17-22/h3-4,9-10,15,17-18,20,26-28H,5-8,11-14,16,19H2,1-2H3/t26-,27?,28-,29-,30-,31-/m1/s1. The molecule has 35 heavy (non-hydrogen) atoms. The topological polar surface area (TPSA) is 25.4 Å². The zero-order chi connectivity index (χ0) is 23.8. The number of benzene rings is 1. The van der Waals surface area contributed by atoms with Crippen molar-refractivity contribution in [3.8, 4) is 0 Å². The number of hydrogen-bond acceptors (Lipinski definition) is 3. The predicted octanol–water partition coefficient (Wildman–Crippen LogP) is 6.75. The Morgan fingerprint density at radius 3 is 2.94 bits per heavy atom. The van der Waals surface area contributed by atoms with Crippen LogP contribution in [0.25, 0.3) is 10.8 Å². The first-order valence-corrected chi connectivity index (χ1v) is 13.7. The highest BCUT2D eigenvalue weighted by atomic mass is 19.1. The number of allylic oxidation sites excluding steroid dienone is 1. The number of hydrogen-bond donors (Lipinski definition) is 0. The number of aromatic nitrogens is 1. The molecule has 3 aliphatic carbocycles. The van der Waals surface area contributed by atoms with Crippen molar-refractivity contribution >= 4 is 10.8 Å². The first kappa shape index (κ1) is 22.2. The fourth-order valence-corrected chi connectivity index (χ4v) is 8.94. The Morgan fingerprint density at radius 1 is 1.14 bits per heavy atom. The lowest BCUT2D eigenvalue weighted by molar-refractivity contribution is -0.140. The van der Waals surface area contributed by atoms with Crippen LogP contribution in [0.3, 0.4) is 0 Å². The molecule has 0 amide bonds. The molecule has 0 N–H and O–H groups in total. The summed E-state index contributed by atoms with van der Waals surface area (Å²) in [4.78, 5) is 6.60. The van der Waals surface area contributed by atoms with Crippen LogP contribution in [-0.2, 0) is 4.74 Å². The molecule has 2 aliphatic heterocycles. The lowest BCUT2D eigenvalue weighted by Gasteiger charge is -2.55. The summed E-state index contributed by atoms with van der Waals surface area (Å²) in [7, 11) is 2.09. The van der Waals surface area contributed by atoms with Gasteiger partial charge in [-0.2, -0.15) is 0 Å². The lowest BCUT2D eigenvalue weighted by Crippen LogP contribution is -2.55. The van der Waals surface area contributed by atoms with Crippen LogP contribution < -0.4 is 0 Å². The van der Waals surface area contributed by atoms with E-state index in [1.165, 1.54) is 40.3 Å². The van der Waals surface area contributed by atoms with E-state index in [4.69, 9.17) is 4.74 Å². The quantitative estimate of drug-likeness (QED) is 0.492. The van der Waals surface area contributed by atoms with Gasteiger partial charge in [0.15, 0.2) is 0 Å². The molecule has 7 rings (SSSR count). The summed E-state index contributed by atoms with van der Waals surface area (Å²) in [6.07, 6.45) is 18.0. The van der Waals surface area contributed by atoms with E-state index in [1.54, 1.807) is 0 Å². The SMILES string of the molecule is CN(CCF)[C@@H]1CCC2=CC3=CC[C@]4(C)C(c5ccc6ccncc6c5)CC[C@H]4[C@@]34CC[C@]2(C1)O4. The number of halogens is 1. The molecule has 2 aromatic rings. The van der Waals surface area contributed by atoms with Gasteiger partial charge in [-0.05, 0) is 110 Å². The summed E-state index contributed by atoms with van der Waals surface area (Å²) in [5.74, 6) is 1.09. The Kier molecular flexibility index (Phi) is 4.90. The molecule has 4 heteroatoms. The first-order valence-electron chi connectivity index (χ1n) is 13.7. The van der Waals surface area contributed by atoms with Gasteiger partial charge >= 0.3 is 0 Å². The van der Waals surface area contributed by atoms with E-state index in [1.807, 2.05) is 12.4 Å². The third kappa shape index (κ3) is 3.05. The average Bonchev–Trinajstić information content (AvgIpc) is 3.38. The molecule has 1 aromatic carbocycles. The van der Waals surface area contributed by atoms with Crippen molar-refractivity contribution in [3.63, 3.8) is 0 Å². The van der Waals surface area contributed by atoms with Crippen LogP contribution >= 0.6 is 0 Å². The molecule has 0 radical (unpaired) electrons. The molecule has 1 aromatic heterocycles. The molecule has 1 saturated heterocycles. The van der Waals surface area contributed by atoms with Gasteiger partial charge in [-0.15, -0.1) is 0 Å². The number of nitrogens with zero attached hydrogens (tertiary/aromatic N) is 2. The van der Waals surface area contributed by atoms with Crippen LogP contribution in [0, 0.1) is 11.3 Å². The van der Waals surface area contributed by atoms with Crippen molar-refractivity contribution in [3.05, 3.63) is 65.5 Å². The lowest BCUT2D eigenvalue weighted by atomic mass is 9.58. The van der Waals surface area contributed by atoms with E-state index in [9.17, 15) is 4.39 Å². The predicted molar refractivity (Wildman–Crippen MR) is 138 cm³/mol. The summed E-state index contributed by atoms with van der Waals surface area (Å²) in [6, 6.07) is 9.55. The summed E-state index contributed by atoms with van der Waals surface area (Å²) < 4.78 is 20.5. The fourth-order valence-electron chi connectivity index (χ4n) is 8.94. The zero-order valence-corrected chi connectivity index (χ0v) is 21.1. The number of rotatable bonds is 4. The van der Waals surface area contributed by atoms with Crippen molar-refractivity contribution < 1.29 is 9.13 Å². The molecular formula is C31H37FN2O. The van der Waals surface area contributed by atoms with Gasteiger partial charge in [0, 0.05) is 30.4 Å². The molecule has 2 saturated carbocycles. The molecule has 184 valence electrons. The van der Waals surface area contributed by atoms with E-state index in [0.717, 1.165) is 38.5 Å². The Balaban J connectivity index is 1.24. The second kappa shape index (κ2) is 7.73. The molecule has 1 unspecified atom stereocenters. The second-order valence-corrected chi connectivity index (χ2v) is 12.3. The van der Waals surface area contributed by atoms with Gasteiger partial charge in [-0.25, -0.2) is 4.39 Å². The minimum atomic E-state index is -0.271. The minimum Gasteiger partial charge on any atom is -0.359 e. The summed E-state index contributed by atoms with van der Waals surface area (Å²) in [5.41, 5.74) is 4.40. The number of fused-ring (bicyclic) bond motifs is 2. The van der Waals surface area contributed by atoms with Gasteiger partial charge in [0.05, 0.1) is 11.2 Å². The summed E-state index contributed by atoms with van der Waals surface area (Å²) in [6.45, 7) is 2.80. The van der Waals surface area contributed by atoms with Crippen molar-refractivity contribution in [2.45, 2.75) is 81.5 Å². The molecule has 3 nitrogen and oxygen atoms in total. The van der Waals surface area contributed by atoms with Gasteiger partial charge in [-0.3, -0.25) is 4.98 Å². The molecule has 3 fully saturated rings. The zero-order valence-electron chi connectivity index (χ0n) is 21.1. The maximum atomic E-state index is 13.1. The Labute approximate surface area is 208 Å². The Bertz CT molecular complexity index is 1240. The van der Waals surface area contributed by atoms with Crippen molar-refractivity contribution in [1.82, 2.24) is 9.88 Å². The molecule has 5 aliphatic rings. The maximum absolute atomic E-state index is 13.1. The van der Waals surface area contributed by atoms with Crippen LogP contribution in [-0.4, -0.2) is 47.4 Å². The van der Waals surface area contributed by atoms with Crippen molar-refractivity contribution in [2.75, 3.05) is 20.3 Å². The van der Waals surface area contributed by atoms with E-state index < -0.39 is 0 Å². The van der Waals surface area contributed by atoms with Crippen LogP contribution in [0.4, 0.5) is 4.39 Å². The number of alkyl halides is 1. The largest absolute Gasteiger partial charge is 0.359 e. The van der Waals surface area contributed by atoms with Crippen LogP contribution in [0.5, 0.6) is 0 Å². The van der Waals surface area contributed by atoms with Crippen LogP contribution in [0.1, 0.15) is 69.8 Å². The Morgan fingerprint density at radius 2 is 2.06 bits per heavy atom. The number of pyridine rings is 1. The smallest absolute Gasteiger partial charge is 0.102 e. The average molecular weight is 473 g/mol. The second-order valence-electron chi connectivity index (χ2n) is 12.3. The van der Waals surface area contributed by atoms with Gasteiger partial charge in [0.2, 0.25) is 0 Å². The molecule has 3 heterocycles. The molecule has 6 atom stereocenters. The normalized spacial score (nSPS) is 39.7. The summed E-state index contributed by atoms with van der Waals surface area (Å²) >= 11 is 0. The van der Waals surface area contributed by atoms with Crippen molar-refractivity contribution in [2.24, 2.45) is 11.3 Å². The highest BCUT2D eigenvalue weighted by Gasteiger charge is 2.66. The molecule has 2 bridgehead atoms. The van der Waals surface area contributed by atoms with Gasteiger partial charge < -0.3 is 9.64 Å². The monoisotopic (exact) mass is 472 g/mol. The van der Waals surface area contributed by atoms with Gasteiger partial charge in [-0.1, -0.05) is 31.2 Å². The minimum absolute atomic E-state index is 0.129. The van der Waals surface area contributed by atoms with E-state index in [-0.39, 0.29) is 23.3 Å². The fraction of sp³-hybridized carbons (Fsp3) is 0.581. The van der Waals surface area contributed by atoms with E-state index in [0.29, 0.717) is 24.4 Å². The molecule has 2 spiro atoms. The third-order valence-corrected chi connectivity index (χ3v) is 10.8. The van der Waals surface area contributed by atoms with E-state index in [2.05, 4.69) is 60.3 Å². The van der Waals surface area contributed by atoms with E-state index >= 15 is 0 Å². The van der Waals surface area contributed by atoms with Crippen LogP contribution in [0.15, 0.2) is 60.0 Å². The maximum Gasteiger partial charge on any atom is 0.102 e. The van der Waals surface area contributed by atoms with Crippen LogP contribution in [0.2, 0.25) is 0 Å². The highest BCUT2D eigenvalue weighted by molar-refractivity contribution is 5.82. The summed E-state index contributed by atoms with van der Waals surface area (Å²) in [5, 5.41) is 2.51. The van der Waals surface area contributed by atoms with Gasteiger partial charge in [0.25, 0.3) is 0 Å². The number of ether oxygens (including phenoxy) is 1. The first-order chi connectivity index (χ1) is 17.0. The van der Waals surface area contributed by atoms with Gasteiger partial charge in [0.1, 0.15) is 6.67 Å². The van der Waals surface area contributed by atoms with Crippen molar-refractivity contribution in [1.29, 1.82) is 0 Å². The third-order valence-electron chi connectivity index (χ3n) is 10.8. The Hall–Kier alpha value is -2.04. The molecular weight excluding hydrogens is 435 g/mol. The highest BCUT2D eigenvalue weighted by Crippen LogP contribution is 2.69.